The van der Waals surface area contributed by atoms with Crippen molar-refractivity contribution in [2.75, 3.05) is 12.1 Å². The van der Waals surface area contributed by atoms with Crippen molar-refractivity contribution in [1.29, 1.82) is 0 Å². The lowest BCUT2D eigenvalue weighted by Gasteiger charge is -1.98. The predicted octanol–water partition coefficient (Wildman–Crippen LogP) is 2.19. The molecule has 0 atom stereocenters. The second-order valence-electron chi connectivity index (χ2n) is 4.66. The summed E-state index contributed by atoms with van der Waals surface area (Å²) in [6.07, 6.45) is 4.98. The number of aromatic nitrogens is 1. The molecule has 0 saturated heterocycles. The number of ether oxygens (including phenoxy) is 2. The van der Waals surface area contributed by atoms with Crippen LogP contribution in [0.1, 0.15) is 11.1 Å². The van der Waals surface area contributed by atoms with Crippen molar-refractivity contribution in [1.82, 2.24) is 0 Å². The largest absolute Gasteiger partial charge is 0.454 e. The number of pyridine rings is 1. The fourth-order valence-corrected chi connectivity index (χ4v) is 2.01. The van der Waals surface area contributed by atoms with E-state index in [-0.39, 0.29) is 12.7 Å². The lowest BCUT2D eigenvalue weighted by atomic mass is 10.2. The standard InChI is InChI=1S/C16H14N2O3/c1-11-3-2-8-17-16(11)18-15(19)7-5-12-4-6-13-14(9-12)21-10-20-13/h2-9H,10H2,1H3,(H,17,18,19)/p+1. The molecule has 5 nitrogen and oxygen atoms in total. The maximum atomic E-state index is 11.9. The van der Waals surface area contributed by atoms with Gasteiger partial charge in [-0.05, 0) is 42.8 Å². The minimum Gasteiger partial charge on any atom is -0.454 e. The van der Waals surface area contributed by atoms with E-state index in [9.17, 15) is 4.79 Å². The Morgan fingerprint density at radius 3 is 3.00 bits per heavy atom. The third-order valence-corrected chi connectivity index (χ3v) is 3.14. The van der Waals surface area contributed by atoms with E-state index in [0.29, 0.717) is 11.6 Å². The summed E-state index contributed by atoms with van der Waals surface area (Å²) in [5.41, 5.74) is 1.85. The number of carbonyl (C=O) groups excluding carboxylic acids is 1. The SMILES string of the molecule is Cc1ccc[nH+]c1NC(=O)C=Cc1ccc2c(c1)OCO2. The monoisotopic (exact) mass is 283 g/mol. The van der Waals surface area contributed by atoms with Crippen LogP contribution in [0.3, 0.4) is 0 Å². The lowest BCUT2D eigenvalue weighted by molar-refractivity contribution is -0.361. The quantitative estimate of drug-likeness (QED) is 0.878. The van der Waals surface area contributed by atoms with Gasteiger partial charge in [0.2, 0.25) is 6.79 Å². The highest BCUT2D eigenvalue weighted by molar-refractivity contribution is 6.01. The maximum absolute atomic E-state index is 11.9. The molecule has 2 heterocycles. The summed E-state index contributed by atoms with van der Waals surface area (Å²) in [5, 5.41) is 2.80. The fourth-order valence-electron chi connectivity index (χ4n) is 2.01. The van der Waals surface area contributed by atoms with Crippen molar-refractivity contribution in [3.8, 4) is 11.5 Å². The van der Waals surface area contributed by atoms with Crippen molar-refractivity contribution in [2.45, 2.75) is 6.92 Å². The van der Waals surface area contributed by atoms with Crippen LogP contribution in [0.25, 0.3) is 6.08 Å². The zero-order chi connectivity index (χ0) is 14.7. The van der Waals surface area contributed by atoms with E-state index in [1.165, 1.54) is 6.08 Å². The number of H-pyrrole nitrogens is 1. The predicted molar refractivity (Wildman–Crippen MR) is 78.0 cm³/mol. The molecule has 0 spiro atoms. The number of carbonyl (C=O) groups is 1. The zero-order valence-electron chi connectivity index (χ0n) is 11.6. The number of hydrogen-bond donors (Lipinski definition) is 1. The number of rotatable bonds is 3. The average Bonchev–Trinajstić information content (AvgIpc) is 2.95. The van der Waals surface area contributed by atoms with Crippen molar-refractivity contribution in [3.63, 3.8) is 0 Å². The Hall–Kier alpha value is -2.82. The van der Waals surface area contributed by atoms with Crippen LogP contribution in [-0.4, -0.2) is 12.7 Å². The van der Waals surface area contributed by atoms with Crippen LogP contribution in [0.4, 0.5) is 5.82 Å². The number of aryl methyl sites for hydroxylation is 1. The van der Waals surface area contributed by atoms with Crippen LogP contribution in [-0.2, 0) is 4.79 Å². The molecule has 1 aromatic carbocycles. The molecule has 1 aromatic heterocycles. The van der Waals surface area contributed by atoms with E-state index < -0.39 is 0 Å². The van der Waals surface area contributed by atoms with E-state index in [2.05, 4.69) is 10.3 Å². The molecule has 0 aliphatic carbocycles. The van der Waals surface area contributed by atoms with Gasteiger partial charge >= 0.3 is 5.91 Å². The van der Waals surface area contributed by atoms with Crippen LogP contribution in [0, 0.1) is 6.92 Å². The van der Waals surface area contributed by atoms with Crippen molar-refractivity contribution < 1.29 is 19.3 Å². The third kappa shape index (κ3) is 3.02. The number of hydrogen-bond acceptors (Lipinski definition) is 3. The van der Waals surface area contributed by atoms with Crippen molar-refractivity contribution in [2.24, 2.45) is 0 Å². The highest BCUT2D eigenvalue weighted by atomic mass is 16.7. The topological polar surface area (TPSA) is 61.7 Å². The molecule has 2 N–H and O–H groups in total. The molecule has 0 radical (unpaired) electrons. The highest BCUT2D eigenvalue weighted by Crippen LogP contribution is 2.32. The second kappa shape index (κ2) is 5.66. The number of amides is 1. The summed E-state index contributed by atoms with van der Waals surface area (Å²) in [5.74, 6) is 1.92. The first-order valence-corrected chi connectivity index (χ1v) is 6.58. The molecule has 1 aliphatic heterocycles. The van der Waals surface area contributed by atoms with Gasteiger partial charge in [0.15, 0.2) is 11.5 Å². The van der Waals surface area contributed by atoms with E-state index >= 15 is 0 Å². The Kier molecular flexibility index (Phi) is 3.55. The zero-order valence-corrected chi connectivity index (χ0v) is 11.6. The molecule has 5 heteroatoms. The van der Waals surface area contributed by atoms with Crippen LogP contribution in [0.2, 0.25) is 0 Å². The van der Waals surface area contributed by atoms with Crippen LogP contribution >= 0.6 is 0 Å². The van der Waals surface area contributed by atoms with Crippen LogP contribution < -0.4 is 19.8 Å². The molecule has 0 unspecified atom stereocenters. The smallest absolute Gasteiger partial charge is 0.331 e. The lowest BCUT2D eigenvalue weighted by Crippen LogP contribution is -2.18. The number of fused-ring (bicyclic) bond motifs is 1. The summed E-state index contributed by atoms with van der Waals surface area (Å²) >= 11 is 0. The number of anilines is 1. The van der Waals surface area contributed by atoms with Gasteiger partial charge in [0.1, 0.15) is 0 Å². The van der Waals surface area contributed by atoms with Gasteiger partial charge < -0.3 is 9.47 Å². The first-order valence-electron chi connectivity index (χ1n) is 6.58. The second-order valence-corrected chi connectivity index (χ2v) is 4.66. The van der Waals surface area contributed by atoms with E-state index in [1.54, 1.807) is 12.3 Å². The minimum absolute atomic E-state index is 0.196. The Morgan fingerprint density at radius 2 is 2.14 bits per heavy atom. The number of nitrogens with one attached hydrogen (secondary N) is 2. The van der Waals surface area contributed by atoms with Gasteiger partial charge in [-0.25, -0.2) is 15.1 Å². The Bertz CT molecular complexity index is 710. The van der Waals surface area contributed by atoms with Gasteiger partial charge in [0.05, 0.1) is 6.20 Å². The van der Waals surface area contributed by atoms with Gasteiger partial charge in [-0.1, -0.05) is 6.07 Å². The number of benzene rings is 1. The third-order valence-electron chi connectivity index (χ3n) is 3.14. The van der Waals surface area contributed by atoms with Crippen LogP contribution in [0.5, 0.6) is 11.5 Å². The highest BCUT2D eigenvalue weighted by Gasteiger charge is 2.13. The van der Waals surface area contributed by atoms with Gasteiger partial charge in [-0.2, -0.15) is 0 Å². The Balaban J connectivity index is 1.68. The fraction of sp³-hybridized carbons (Fsp3) is 0.125. The first-order chi connectivity index (χ1) is 10.2. The molecule has 3 rings (SSSR count). The van der Waals surface area contributed by atoms with Gasteiger partial charge in [0.25, 0.3) is 5.82 Å². The molecule has 0 bridgehead atoms. The van der Waals surface area contributed by atoms with Crippen LogP contribution in [0.15, 0.2) is 42.6 Å². The molecule has 0 fully saturated rings. The Labute approximate surface area is 122 Å². The van der Waals surface area contributed by atoms with E-state index in [0.717, 1.165) is 16.9 Å². The summed E-state index contributed by atoms with van der Waals surface area (Å²) in [6.45, 7) is 2.17. The van der Waals surface area contributed by atoms with Gasteiger partial charge in [0, 0.05) is 11.6 Å². The molecule has 2 aromatic rings. The van der Waals surface area contributed by atoms with Gasteiger partial charge in [-0.15, -0.1) is 0 Å². The van der Waals surface area contributed by atoms with E-state index in [1.807, 2.05) is 37.3 Å². The number of aromatic amines is 1. The molecule has 1 amide bonds. The summed E-state index contributed by atoms with van der Waals surface area (Å²) < 4.78 is 10.5. The normalized spacial score (nSPS) is 12.6. The van der Waals surface area contributed by atoms with Crippen molar-refractivity contribution in [3.05, 3.63) is 53.7 Å². The summed E-state index contributed by atoms with van der Waals surface area (Å²) in [6, 6.07) is 9.35. The maximum Gasteiger partial charge on any atom is 0.331 e. The Morgan fingerprint density at radius 1 is 1.29 bits per heavy atom. The van der Waals surface area contributed by atoms with E-state index in [4.69, 9.17) is 9.47 Å². The van der Waals surface area contributed by atoms with Crippen molar-refractivity contribution >= 4 is 17.8 Å². The molecule has 1 aliphatic rings. The molecular weight excluding hydrogens is 268 g/mol. The summed E-state index contributed by atoms with van der Waals surface area (Å²) in [7, 11) is 0. The average molecular weight is 283 g/mol. The molecule has 0 saturated carbocycles. The van der Waals surface area contributed by atoms with Gasteiger partial charge in [-0.3, -0.25) is 0 Å². The molecule has 106 valence electrons. The molecule has 21 heavy (non-hydrogen) atoms. The first kappa shape index (κ1) is 13.2. The summed E-state index contributed by atoms with van der Waals surface area (Å²) in [4.78, 5) is 14.9. The molecular formula is C16H15N2O3+. The minimum atomic E-state index is -0.196.